The van der Waals surface area contributed by atoms with Gasteiger partial charge in [0.2, 0.25) is 0 Å². The van der Waals surface area contributed by atoms with Crippen molar-refractivity contribution in [2.24, 2.45) is 0 Å². The molecule has 0 saturated carbocycles. The van der Waals surface area contributed by atoms with Gasteiger partial charge in [0.15, 0.2) is 0 Å². The third-order valence-corrected chi connectivity index (χ3v) is 3.57. The summed E-state index contributed by atoms with van der Waals surface area (Å²) in [6.45, 7) is 7.63. The SMILES string of the molecule is COCCNCc1ccnn1Cc1ccc(C(C)C)cc1. The van der Waals surface area contributed by atoms with Gasteiger partial charge in [-0.2, -0.15) is 5.10 Å². The number of nitrogens with one attached hydrogen (secondary N) is 1. The van der Waals surface area contributed by atoms with Crippen LogP contribution in [0, 0.1) is 0 Å². The molecule has 0 atom stereocenters. The maximum atomic E-state index is 5.03. The maximum Gasteiger partial charge on any atom is 0.0663 e. The zero-order valence-electron chi connectivity index (χ0n) is 13.2. The Hall–Kier alpha value is -1.65. The van der Waals surface area contributed by atoms with Crippen LogP contribution in [-0.4, -0.2) is 30.0 Å². The Morgan fingerprint density at radius 3 is 2.62 bits per heavy atom. The number of rotatable bonds is 8. The Balaban J connectivity index is 1.95. The van der Waals surface area contributed by atoms with Crippen molar-refractivity contribution >= 4 is 0 Å². The van der Waals surface area contributed by atoms with E-state index in [1.165, 1.54) is 16.8 Å². The van der Waals surface area contributed by atoms with Crippen LogP contribution < -0.4 is 5.32 Å². The molecule has 0 unspecified atom stereocenters. The highest BCUT2D eigenvalue weighted by atomic mass is 16.5. The lowest BCUT2D eigenvalue weighted by molar-refractivity contribution is 0.199. The number of nitrogens with zero attached hydrogens (tertiary/aromatic N) is 2. The highest BCUT2D eigenvalue weighted by Crippen LogP contribution is 2.15. The van der Waals surface area contributed by atoms with E-state index in [4.69, 9.17) is 4.74 Å². The molecule has 21 heavy (non-hydrogen) atoms. The van der Waals surface area contributed by atoms with Crippen LogP contribution in [0.2, 0.25) is 0 Å². The van der Waals surface area contributed by atoms with Crippen LogP contribution in [0.15, 0.2) is 36.5 Å². The van der Waals surface area contributed by atoms with E-state index in [-0.39, 0.29) is 0 Å². The lowest BCUT2D eigenvalue weighted by atomic mass is 10.0. The Kier molecular flexibility index (Phi) is 5.96. The van der Waals surface area contributed by atoms with Gasteiger partial charge in [0.05, 0.1) is 18.8 Å². The van der Waals surface area contributed by atoms with Gasteiger partial charge in [-0.3, -0.25) is 4.68 Å². The third-order valence-electron chi connectivity index (χ3n) is 3.57. The second-order valence-corrected chi connectivity index (χ2v) is 5.55. The number of hydrogen-bond acceptors (Lipinski definition) is 3. The summed E-state index contributed by atoms with van der Waals surface area (Å²) in [5, 5.41) is 7.77. The van der Waals surface area contributed by atoms with E-state index in [1.54, 1.807) is 7.11 Å². The Bertz CT molecular complexity index is 531. The van der Waals surface area contributed by atoms with Crippen molar-refractivity contribution in [2.75, 3.05) is 20.3 Å². The number of methoxy groups -OCH3 is 1. The van der Waals surface area contributed by atoms with Crippen LogP contribution >= 0.6 is 0 Å². The fourth-order valence-electron chi connectivity index (χ4n) is 2.22. The first-order chi connectivity index (χ1) is 10.2. The molecular weight excluding hydrogens is 262 g/mol. The topological polar surface area (TPSA) is 39.1 Å². The van der Waals surface area contributed by atoms with Gasteiger partial charge in [-0.1, -0.05) is 38.1 Å². The monoisotopic (exact) mass is 287 g/mol. The average Bonchev–Trinajstić information content (AvgIpc) is 2.91. The molecular formula is C17H25N3O. The summed E-state index contributed by atoms with van der Waals surface area (Å²) in [7, 11) is 1.72. The van der Waals surface area contributed by atoms with E-state index in [1.807, 2.05) is 10.9 Å². The summed E-state index contributed by atoms with van der Waals surface area (Å²) >= 11 is 0. The normalized spacial score (nSPS) is 11.2. The molecule has 2 aromatic rings. The molecule has 1 heterocycles. The summed E-state index contributed by atoms with van der Waals surface area (Å²) in [6, 6.07) is 10.9. The van der Waals surface area contributed by atoms with Gasteiger partial charge in [-0.15, -0.1) is 0 Å². The first kappa shape index (κ1) is 15.7. The van der Waals surface area contributed by atoms with Crippen LogP contribution in [0.3, 0.4) is 0 Å². The largest absolute Gasteiger partial charge is 0.383 e. The first-order valence-electron chi connectivity index (χ1n) is 7.50. The molecule has 0 fully saturated rings. The molecule has 4 heteroatoms. The zero-order chi connectivity index (χ0) is 15.1. The highest BCUT2D eigenvalue weighted by molar-refractivity contribution is 5.25. The van der Waals surface area contributed by atoms with Gasteiger partial charge in [0, 0.05) is 26.4 Å². The van der Waals surface area contributed by atoms with Crippen LogP contribution in [0.4, 0.5) is 0 Å². The van der Waals surface area contributed by atoms with Gasteiger partial charge < -0.3 is 10.1 Å². The molecule has 114 valence electrons. The van der Waals surface area contributed by atoms with E-state index in [0.29, 0.717) is 5.92 Å². The van der Waals surface area contributed by atoms with Gasteiger partial charge >= 0.3 is 0 Å². The standard InChI is InChI=1S/C17H25N3O/c1-14(2)16-6-4-15(5-7-16)13-20-17(8-9-19-20)12-18-10-11-21-3/h4-9,14,18H,10-13H2,1-3H3. The molecule has 0 bridgehead atoms. The van der Waals surface area contributed by atoms with Crippen molar-refractivity contribution in [1.82, 2.24) is 15.1 Å². The average molecular weight is 287 g/mol. The van der Waals surface area contributed by atoms with E-state index < -0.39 is 0 Å². The van der Waals surface area contributed by atoms with Crippen LogP contribution in [0.1, 0.15) is 36.6 Å². The first-order valence-corrected chi connectivity index (χ1v) is 7.50. The lowest BCUT2D eigenvalue weighted by Gasteiger charge is -2.10. The molecule has 1 N–H and O–H groups in total. The summed E-state index contributed by atoms with van der Waals surface area (Å²) in [4.78, 5) is 0. The van der Waals surface area contributed by atoms with Crippen molar-refractivity contribution in [2.45, 2.75) is 32.9 Å². The molecule has 0 amide bonds. The second-order valence-electron chi connectivity index (χ2n) is 5.55. The summed E-state index contributed by atoms with van der Waals surface area (Å²) < 4.78 is 7.08. The van der Waals surface area contributed by atoms with E-state index in [0.717, 1.165) is 26.2 Å². The van der Waals surface area contributed by atoms with Gasteiger partial charge in [0.25, 0.3) is 0 Å². The third kappa shape index (κ3) is 4.69. The smallest absolute Gasteiger partial charge is 0.0663 e. The summed E-state index contributed by atoms with van der Waals surface area (Å²) in [5.74, 6) is 0.573. The molecule has 1 aromatic heterocycles. The molecule has 1 aromatic carbocycles. The van der Waals surface area contributed by atoms with Gasteiger partial charge in [0.1, 0.15) is 0 Å². The minimum Gasteiger partial charge on any atom is -0.383 e. The maximum absolute atomic E-state index is 5.03. The minimum atomic E-state index is 0.573. The summed E-state index contributed by atoms with van der Waals surface area (Å²) in [6.07, 6.45) is 1.86. The Morgan fingerprint density at radius 1 is 1.19 bits per heavy atom. The fraction of sp³-hybridized carbons (Fsp3) is 0.471. The van der Waals surface area contributed by atoms with Crippen molar-refractivity contribution in [3.63, 3.8) is 0 Å². The van der Waals surface area contributed by atoms with Crippen LogP contribution in [-0.2, 0) is 17.8 Å². The molecule has 0 aliphatic rings. The van der Waals surface area contributed by atoms with Gasteiger partial charge in [-0.05, 0) is 23.1 Å². The zero-order valence-corrected chi connectivity index (χ0v) is 13.2. The number of ether oxygens (including phenoxy) is 1. The highest BCUT2D eigenvalue weighted by Gasteiger charge is 2.04. The number of hydrogen-bond donors (Lipinski definition) is 1. The Morgan fingerprint density at radius 2 is 1.95 bits per heavy atom. The molecule has 0 aliphatic carbocycles. The lowest BCUT2D eigenvalue weighted by Crippen LogP contribution is -2.21. The van der Waals surface area contributed by atoms with E-state index in [2.05, 4.69) is 54.6 Å². The minimum absolute atomic E-state index is 0.573. The number of aromatic nitrogens is 2. The molecule has 4 nitrogen and oxygen atoms in total. The quantitative estimate of drug-likeness (QED) is 0.759. The van der Waals surface area contributed by atoms with Crippen LogP contribution in [0.25, 0.3) is 0 Å². The molecule has 0 aliphatic heterocycles. The van der Waals surface area contributed by atoms with Crippen molar-refractivity contribution < 1.29 is 4.74 Å². The second kappa shape index (κ2) is 7.96. The predicted molar refractivity (Wildman–Crippen MR) is 85.4 cm³/mol. The van der Waals surface area contributed by atoms with Crippen molar-refractivity contribution in [1.29, 1.82) is 0 Å². The van der Waals surface area contributed by atoms with Crippen LogP contribution in [0.5, 0.6) is 0 Å². The van der Waals surface area contributed by atoms with Crippen molar-refractivity contribution in [3.05, 3.63) is 53.3 Å². The Labute approximate surface area is 127 Å². The number of benzene rings is 1. The molecule has 2 rings (SSSR count). The molecule has 0 spiro atoms. The van der Waals surface area contributed by atoms with E-state index in [9.17, 15) is 0 Å². The van der Waals surface area contributed by atoms with Crippen molar-refractivity contribution in [3.8, 4) is 0 Å². The fourth-order valence-corrected chi connectivity index (χ4v) is 2.22. The summed E-state index contributed by atoms with van der Waals surface area (Å²) in [5.41, 5.74) is 3.85. The molecule has 0 saturated heterocycles. The molecule has 0 radical (unpaired) electrons. The van der Waals surface area contributed by atoms with E-state index >= 15 is 0 Å². The predicted octanol–water partition coefficient (Wildman–Crippen LogP) is 2.79. The van der Waals surface area contributed by atoms with Gasteiger partial charge in [-0.25, -0.2) is 0 Å².